The van der Waals surface area contributed by atoms with Gasteiger partial charge in [-0.05, 0) is 75.9 Å². The minimum Gasteiger partial charge on any atom is -0.508 e. The lowest BCUT2D eigenvalue weighted by molar-refractivity contribution is 0.475. The highest BCUT2D eigenvalue weighted by Crippen LogP contribution is 2.33. The number of aromatic hydroxyl groups is 1. The van der Waals surface area contributed by atoms with Crippen LogP contribution in [0.25, 0.3) is 11.1 Å². The van der Waals surface area contributed by atoms with Crippen molar-refractivity contribution in [1.82, 2.24) is 0 Å². The molecule has 0 saturated heterocycles. The fourth-order valence-electron chi connectivity index (χ4n) is 4.64. The smallest absolute Gasteiger partial charge is 0.116 e. The van der Waals surface area contributed by atoms with Gasteiger partial charge >= 0.3 is 0 Å². The Morgan fingerprint density at radius 1 is 0.441 bits per heavy atom. The molecule has 0 atom stereocenters. The van der Waals surface area contributed by atoms with Crippen molar-refractivity contribution >= 4 is 0 Å². The van der Waals surface area contributed by atoms with Crippen LogP contribution in [0.1, 0.15) is 33.4 Å². The zero-order valence-corrected chi connectivity index (χ0v) is 19.2. The summed E-state index contributed by atoms with van der Waals surface area (Å²) in [6.07, 6.45) is 2.59. The Labute approximate surface area is 202 Å². The zero-order valence-electron chi connectivity index (χ0n) is 19.2. The molecule has 5 rings (SSSR count). The SMILES string of the molecule is Oc1cccc(-c2cc(Cc3ccccc3)cc(Cc3ccccc3)c2Cc2ccccc2)c1. The lowest BCUT2D eigenvalue weighted by Gasteiger charge is -2.19. The summed E-state index contributed by atoms with van der Waals surface area (Å²) in [4.78, 5) is 0. The summed E-state index contributed by atoms with van der Waals surface area (Å²) >= 11 is 0. The monoisotopic (exact) mass is 440 g/mol. The highest BCUT2D eigenvalue weighted by Gasteiger charge is 2.15. The van der Waals surface area contributed by atoms with Gasteiger partial charge in [0.15, 0.2) is 0 Å². The van der Waals surface area contributed by atoms with Crippen molar-refractivity contribution < 1.29 is 5.11 Å². The Balaban J connectivity index is 1.68. The number of hydrogen-bond donors (Lipinski definition) is 1. The van der Waals surface area contributed by atoms with E-state index in [1.54, 1.807) is 6.07 Å². The summed E-state index contributed by atoms with van der Waals surface area (Å²) in [5.74, 6) is 0.293. The van der Waals surface area contributed by atoms with Crippen LogP contribution in [0.3, 0.4) is 0 Å². The minimum absolute atomic E-state index is 0.293. The van der Waals surface area contributed by atoms with E-state index in [9.17, 15) is 5.11 Å². The predicted octanol–water partition coefficient (Wildman–Crippen LogP) is 7.83. The van der Waals surface area contributed by atoms with Crippen LogP contribution in [0, 0.1) is 0 Å². The molecule has 0 aliphatic carbocycles. The van der Waals surface area contributed by atoms with Gasteiger partial charge in [-0.3, -0.25) is 0 Å². The van der Waals surface area contributed by atoms with E-state index in [4.69, 9.17) is 0 Å². The Bertz CT molecular complexity index is 1360. The summed E-state index contributed by atoms with van der Waals surface area (Å²) in [5, 5.41) is 10.3. The largest absolute Gasteiger partial charge is 0.508 e. The van der Waals surface area contributed by atoms with Gasteiger partial charge in [-0.25, -0.2) is 0 Å². The summed E-state index contributed by atoms with van der Waals surface area (Å²) in [6.45, 7) is 0. The molecule has 0 saturated carbocycles. The molecule has 34 heavy (non-hydrogen) atoms. The lowest BCUT2D eigenvalue weighted by atomic mass is 9.85. The fraction of sp³-hybridized carbons (Fsp3) is 0.0909. The van der Waals surface area contributed by atoms with E-state index < -0.39 is 0 Å². The number of benzene rings is 5. The lowest BCUT2D eigenvalue weighted by Crippen LogP contribution is -2.03. The van der Waals surface area contributed by atoms with E-state index in [0.717, 1.165) is 24.8 Å². The third-order valence-electron chi connectivity index (χ3n) is 6.27. The first-order chi connectivity index (χ1) is 16.7. The number of phenolic OH excluding ortho intramolecular Hbond substituents is 1. The quantitative estimate of drug-likeness (QED) is 0.273. The van der Waals surface area contributed by atoms with E-state index in [1.165, 1.54) is 38.9 Å². The second-order valence-electron chi connectivity index (χ2n) is 8.82. The van der Waals surface area contributed by atoms with Crippen LogP contribution < -0.4 is 0 Å². The van der Waals surface area contributed by atoms with E-state index in [1.807, 2.05) is 12.1 Å². The normalized spacial score (nSPS) is 10.8. The fourth-order valence-corrected chi connectivity index (χ4v) is 4.64. The second-order valence-corrected chi connectivity index (χ2v) is 8.82. The van der Waals surface area contributed by atoms with Crippen molar-refractivity contribution in [2.24, 2.45) is 0 Å². The average Bonchev–Trinajstić information content (AvgIpc) is 2.87. The molecule has 0 bridgehead atoms. The molecular formula is C33H28O. The Kier molecular flexibility index (Phi) is 6.54. The maximum absolute atomic E-state index is 10.3. The van der Waals surface area contributed by atoms with Crippen molar-refractivity contribution in [3.05, 3.63) is 161 Å². The third-order valence-corrected chi connectivity index (χ3v) is 6.27. The molecule has 0 aliphatic heterocycles. The van der Waals surface area contributed by atoms with E-state index in [0.29, 0.717) is 5.75 Å². The molecule has 0 radical (unpaired) electrons. The third kappa shape index (κ3) is 5.27. The molecule has 0 aliphatic rings. The molecule has 5 aromatic carbocycles. The van der Waals surface area contributed by atoms with Gasteiger partial charge in [0.1, 0.15) is 5.75 Å². The molecule has 0 spiro atoms. The maximum Gasteiger partial charge on any atom is 0.116 e. The maximum atomic E-state index is 10.3. The Morgan fingerprint density at radius 2 is 1.00 bits per heavy atom. The number of phenols is 1. The Morgan fingerprint density at radius 3 is 1.59 bits per heavy atom. The van der Waals surface area contributed by atoms with Crippen LogP contribution in [0.4, 0.5) is 0 Å². The van der Waals surface area contributed by atoms with Crippen molar-refractivity contribution in [1.29, 1.82) is 0 Å². The average molecular weight is 441 g/mol. The van der Waals surface area contributed by atoms with Crippen molar-refractivity contribution in [2.75, 3.05) is 0 Å². The van der Waals surface area contributed by atoms with Gasteiger partial charge < -0.3 is 5.11 Å². The highest BCUT2D eigenvalue weighted by atomic mass is 16.3. The summed E-state index contributed by atoms with van der Waals surface area (Å²) in [5.41, 5.74) is 10.1. The van der Waals surface area contributed by atoms with Crippen LogP contribution in [0.15, 0.2) is 127 Å². The van der Waals surface area contributed by atoms with Gasteiger partial charge in [0.25, 0.3) is 0 Å². The molecule has 1 nitrogen and oxygen atoms in total. The summed E-state index contributed by atoms with van der Waals surface area (Å²) in [7, 11) is 0. The van der Waals surface area contributed by atoms with Crippen LogP contribution in [0.2, 0.25) is 0 Å². The van der Waals surface area contributed by atoms with Gasteiger partial charge in [0.05, 0.1) is 0 Å². The van der Waals surface area contributed by atoms with Crippen LogP contribution in [-0.4, -0.2) is 5.11 Å². The Hall–Kier alpha value is -4.10. The van der Waals surface area contributed by atoms with Gasteiger partial charge in [-0.1, -0.05) is 115 Å². The van der Waals surface area contributed by atoms with Crippen LogP contribution >= 0.6 is 0 Å². The molecule has 0 unspecified atom stereocenters. The molecule has 0 fully saturated rings. The van der Waals surface area contributed by atoms with Gasteiger partial charge in [-0.2, -0.15) is 0 Å². The minimum atomic E-state index is 0.293. The molecule has 5 aromatic rings. The predicted molar refractivity (Wildman–Crippen MR) is 141 cm³/mol. The van der Waals surface area contributed by atoms with Gasteiger partial charge in [0.2, 0.25) is 0 Å². The molecule has 0 amide bonds. The summed E-state index contributed by atoms with van der Waals surface area (Å²) < 4.78 is 0. The second kappa shape index (κ2) is 10.2. The van der Waals surface area contributed by atoms with Gasteiger partial charge in [0, 0.05) is 0 Å². The van der Waals surface area contributed by atoms with Crippen LogP contribution in [0.5, 0.6) is 5.75 Å². The highest BCUT2D eigenvalue weighted by molar-refractivity contribution is 5.72. The standard InChI is InChI=1S/C33H28O/c34-31-18-10-17-29(24-31)32-23-28(19-25-11-4-1-5-12-25)21-30(20-26-13-6-2-7-14-26)33(32)22-27-15-8-3-9-16-27/h1-18,21,23-24,34H,19-20,22H2. The van der Waals surface area contributed by atoms with E-state index in [-0.39, 0.29) is 0 Å². The van der Waals surface area contributed by atoms with Crippen LogP contribution in [-0.2, 0) is 19.3 Å². The molecular weight excluding hydrogens is 412 g/mol. The van der Waals surface area contributed by atoms with E-state index in [2.05, 4.69) is 109 Å². The molecule has 1 heteroatoms. The van der Waals surface area contributed by atoms with E-state index >= 15 is 0 Å². The first-order valence-electron chi connectivity index (χ1n) is 11.8. The first kappa shape index (κ1) is 21.7. The summed E-state index contributed by atoms with van der Waals surface area (Å²) in [6, 6.07) is 44.3. The first-order valence-corrected chi connectivity index (χ1v) is 11.8. The number of hydrogen-bond acceptors (Lipinski definition) is 1. The van der Waals surface area contributed by atoms with Crippen molar-refractivity contribution in [2.45, 2.75) is 19.3 Å². The van der Waals surface area contributed by atoms with Crippen molar-refractivity contribution in [3.63, 3.8) is 0 Å². The molecule has 166 valence electrons. The molecule has 1 N–H and O–H groups in total. The number of rotatable bonds is 7. The van der Waals surface area contributed by atoms with Crippen molar-refractivity contribution in [3.8, 4) is 16.9 Å². The zero-order chi connectivity index (χ0) is 23.2. The molecule has 0 heterocycles. The van der Waals surface area contributed by atoms with Gasteiger partial charge in [-0.15, -0.1) is 0 Å². The molecule has 0 aromatic heterocycles. The topological polar surface area (TPSA) is 20.2 Å².